The van der Waals surface area contributed by atoms with Crippen LogP contribution in [0.2, 0.25) is 0 Å². The highest BCUT2D eigenvalue weighted by atomic mass is 16.4. The lowest BCUT2D eigenvalue weighted by molar-refractivity contribution is -0.141. The first-order valence-electron chi connectivity index (χ1n) is 7.01. The van der Waals surface area contributed by atoms with E-state index in [0.717, 1.165) is 26.1 Å². The van der Waals surface area contributed by atoms with E-state index in [9.17, 15) is 9.59 Å². The van der Waals surface area contributed by atoms with Gasteiger partial charge in [-0.3, -0.25) is 4.79 Å². The molecule has 0 rings (SSSR count). The predicted molar refractivity (Wildman–Crippen MR) is 75.2 cm³/mol. The van der Waals surface area contributed by atoms with Crippen molar-refractivity contribution in [3.05, 3.63) is 0 Å². The number of carboxylic acid groups (broad SMARTS) is 1. The Hall–Kier alpha value is -1.30. The number of hydrogen-bond acceptors (Lipinski definition) is 3. The Morgan fingerprint density at radius 1 is 1.16 bits per heavy atom. The Kier molecular flexibility index (Phi) is 9.88. The second-order valence-corrected chi connectivity index (χ2v) is 4.49. The Balaban J connectivity index is 3.82. The molecule has 19 heavy (non-hydrogen) atoms. The van der Waals surface area contributed by atoms with Crippen molar-refractivity contribution in [3.8, 4) is 0 Å². The molecule has 6 nitrogen and oxygen atoms in total. The zero-order valence-corrected chi connectivity index (χ0v) is 12.2. The van der Waals surface area contributed by atoms with Gasteiger partial charge in [0.05, 0.1) is 5.92 Å². The van der Waals surface area contributed by atoms with Crippen LogP contribution in [0.15, 0.2) is 0 Å². The molecule has 0 aromatic heterocycles. The van der Waals surface area contributed by atoms with Crippen molar-refractivity contribution in [1.82, 2.24) is 15.5 Å². The lowest BCUT2D eigenvalue weighted by Gasteiger charge is -2.18. The molecule has 0 spiro atoms. The molecule has 0 fully saturated rings. The van der Waals surface area contributed by atoms with E-state index in [0.29, 0.717) is 13.0 Å². The number of hydrogen-bond donors (Lipinski definition) is 3. The first-order chi connectivity index (χ1) is 9.04. The SMILES string of the molecule is CCCC(CNC(=O)NCCN(CC)CC)C(=O)O. The Labute approximate surface area is 115 Å². The number of amides is 2. The summed E-state index contributed by atoms with van der Waals surface area (Å²) in [6.45, 7) is 9.55. The molecule has 6 heteroatoms. The summed E-state index contributed by atoms with van der Waals surface area (Å²) in [6.07, 6.45) is 1.37. The molecule has 1 atom stereocenters. The van der Waals surface area contributed by atoms with Crippen LogP contribution < -0.4 is 10.6 Å². The smallest absolute Gasteiger partial charge is 0.314 e. The number of nitrogens with one attached hydrogen (secondary N) is 2. The second-order valence-electron chi connectivity index (χ2n) is 4.49. The summed E-state index contributed by atoms with van der Waals surface area (Å²) in [5, 5.41) is 14.3. The molecule has 0 heterocycles. The number of rotatable bonds is 10. The van der Waals surface area contributed by atoms with E-state index in [1.54, 1.807) is 0 Å². The van der Waals surface area contributed by atoms with Crippen molar-refractivity contribution in [2.24, 2.45) is 5.92 Å². The second kappa shape index (κ2) is 10.6. The van der Waals surface area contributed by atoms with E-state index in [1.165, 1.54) is 0 Å². The first-order valence-corrected chi connectivity index (χ1v) is 7.01. The van der Waals surface area contributed by atoms with Gasteiger partial charge in [-0.05, 0) is 19.5 Å². The highest BCUT2D eigenvalue weighted by molar-refractivity contribution is 5.75. The zero-order valence-electron chi connectivity index (χ0n) is 12.2. The molecule has 0 aliphatic heterocycles. The van der Waals surface area contributed by atoms with Crippen LogP contribution in [0.4, 0.5) is 4.79 Å². The van der Waals surface area contributed by atoms with Gasteiger partial charge in [-0.25, -0.2) is 4.79 Å². The molecule has 0 bridgehead atoms. The van der Waals surface area contributed by atoms with Crippen molar-refractivity contribution in [1.29, 1.82) is 0 Å². The van der Waals surface area contributed by atoms with Crippen molar-refractivity contribution < 1.29 is 14.7 Å². The summed E-state index contributed by atoms with van der Waals surface area (Å²) < 4.78 is 0. The van der Waals surface area contributed by atoms with Gasteiger partial charge in [-0.1, -0.05) is 27.2 Å². The number of carboxylic acids is 1. The highest BCUT2D eigenvalue weighted by Crippen LogP contribution is 2.04. The van der Waals surface area contributed by atoms with Crippen LogP contribution >= 0.6 is 0 Å². The largest absolute Gasteiger partial charge is 0.481 e. The summed E-state index contributed by atoms with van der Waals surface area (Å²) >= 11 is 0. The minimum Gasteiger partial charge on any atom is -0.481 e. The molecule has 3 N–H and O–H groups in total. The molecule has 0 radical (unpaired) electrons. The number of carbonyl (C=O) groups is 2. The predicted octanol–water partition coefficient (Wildman–Crippen LogP) is 1.13. The molecule has 0 aromatic carbocycles. The van der Waals surface area contributed by atoms with Gasteiger partial charge in [-0.15, -0.1) is 0 Å². The summed E-state index contributed by atoms with van der Waals surface area (Å²) in [6, 6.07) is -0.297. The maximum absolute atomic E-state index is 11.5. The van der Waals surface area contributed by atoms with Crippen molar-refractivity contribution in [3.63, 3.8) is 0 Å². The minimum atomic E-state index is -0.856. The summed E-state index contributed by atoms with van der Waals surface area (Å²) in [7, 11) is 0. The van der Waals surface area contributed by atoms with Crippen LogP contribution in [0, 0.1) is 5.92 Å². The highest BCUT2D eigenvalue weighted by Gasteiger charge is 2.16. The lowest BCUT2D eigenvalue weighted by Crippen LogP contribution is -2.42. The maximum Gasteiger partial charge on any atom is 0.314 e. The van der Waals surface area contributed by atoms with Crippen LogP contribution in [-0.4, -0.2) is 54.7 Å². The molecular formula is C13H27N3O3. The van der Waals surface area contributed by atoms with Crippen LogP contribution in [0.25, 0.3) is 0 Å². The Morgan fingerprint density at radius 3 is 2.26 bits per heavy atom. The van der Waals surface area contributed by atoms with Gasteiger partial charge < -0.3 is 20.6 Å². The molecule has 0 aliphatic carbocycles. The molecule has 2 amide bonds. The normalized spacial score (nSPS) is 12.2. The lowest BCUT2D eigenvalue weighted by atomic mass is 10.0. The van der Waals surface area contributed by atoms with E-state index in [2.05, 4.69) is 29.4 Å². The van der Waals surface area contributed by atoms with E-state index in [4.69, 9.17) is 5.11 Å². The number of aliphatic carboxylic acids is 1. The molecule has 112 valence electrons. The van der Waals surface area contributed by atoms with Crippen molar-refractivity contribution in [2.75, 3.05) is 32.7 Å². The van der Waals surface area contributed by atoms with Crippen LogP contribution in [0.3, 0.4) is 0 Å². The maximum atomic E-state index is 11.5. The fourth-order valence-electron chi connectivity index (χ4n) is 1.81. The van der Waals surface area contributed by atoms with E-state index >= 15 is 0 Å². The number of carbonyl (C=O) groups excluding carboxylic acids is 1. The van der Waals surface area contributed by atoms with Gasteiger partial charge in [0.25, 0.3) is 0 Å². The number of likely N-dealkylation sites (N-methyl/N-ethyl adjacent to an activating group) is 1. The van der Waals surface area contributed by atoms with Gasteiger partial charge in [0, 0.05) is 19.6 Å². The van der Waals surface area contributed by atoms with Crippen LogP contribution in [-0.2, 0) is 4.79 Å². The molecule has 0 saturated heterocycles. The summed E-state index contributed by atoms with van der Waals surface area (Å²) in [5.41, 5.74) is 0. The molecule has 0 saturated carbocycles. The number of nitrogens with zero attached hydrogens (tertiary/aromatic N) is 1. The average Bonchev–Trinajstić information content (AvgIpc) is 2.39. The zero-order chi connectivity index (χ0) is 14.7. The Bertz CT molecular complexity index is 268. The van der Waals surface area contributed by atoms with Gasteiger partial charge in [-0.2, -0.15) is 0 Å². The van der Waals surface area contributed by atoms with E-state index in [1.807, 2.05) is 6.92 Å². The fourth-order valence-corrected chi connectivity index (χ4v) is 1.81. The molecule has 1 unspecified atom stereocenters. The monoisotopic (exact) mass is 273 g/mol. The van der Waals surface area contributed by atoms with Crippen LogP contribution in [0.1, 0.15) is 33.6 Å². The number of urea groups is 1. The van der Waals surface area contributed by atoms with Gasteiger partial charge in [0.15, 0.2) is 0 Å². The van der Waals surface area contributed by atoms with Gasteiger partial charge in [0.1, 0.15) is 0 Å². The third-order valence-electron chi connectivity index (χ3n) is 3.10. The summed E-state index contributed by atoms with van der Waals surface area (Å²) in [5.74, 6) is -1.36. The fraction of sp³-hybridized carbons (Fsp3) is 0.846. The quantitative estimate of drug-likeness (QED) is 0.557. The van der Waals surface area contributed by atoms with Crippen LogP contribution in [0.5, 0.6) is 0 Å². The Morgan fingerprint density at radius 2 is 1.79 bits per heavy atom. The minimum absolute atomic E-state index is 0.181. The van der Waals surface area contributed by atoms with E-state index < -0.39 is 11.9 Å². The molecule has 0 aliphatic rings. The topological polar surface area (TPSA) is 81.7 Å². The molecule has 0 aromatic rings. The first kappa shape index (κ1) is 17.7. The van der Waals surface area contributed by atoms with Gasteiger partial charge in [0.2, 0.25) is 0 Å². The van der Waals surface area contributed by atoms with E-state index in [-0.39, 0.29) is 12.6 Å². The summed E-state index contributed by atoms with van der Waals surface area (Å²) in [4.78, 5) is 24.6. The van der Waals surface area contributed by atoms with Gasteiger partial charge >= 0.3 is 12.0 Å². The van der Waals surface area contributed by atoms with Crippen molar-refractivity contribution in [2.45, 2.75) is 33.6 Å². The third kappa shape index (κ3) is 8.42. The standard InChI is InChI=1S/C13H27N3O3/c1-4-7-11(12(17)18)10-15-13(19)14-8-9-16(5-2)6-3/h11H,4-10H2,1-3H3,(H,17,18)(H2,14,15,19). The van der Waals surface area contributed by atoms with Crippen molar-refractivity contribution >= 4 is 12.0 Å². The molecular weight excluding hydrogens is 246 g/mol. The third-order valence-corrected chi connectivity index (χ3v) is 3.10. The average molecular weight is 273 g/mol.